The lowest BCUT2D eigenvalue weighted by Gasteiger charge is -2.01. The molecule has 1 aromatic carbocycles. The second-order valence-corrected chi connectivity index (χ2v) is 3.77. The fraction of sp³-hybridized carbons (Fsp3) is 0.167. The van der Waals surface area contributed by atoms with Crippen LogP contribution in [0.25, 0.3) is 10.9 Å². The zero-order chi connectivity index (χ0) is 11.7. The minimum absolute atomic E-state index is 0.300. The molecule has 0 bridgehead atoms. The summed E-state index contributed by atoms with van der Waals surface area (Å²) in [5.41, 5.74) is 1.35. The Morgan fingerprint density at radius 1 is 1.35 bits per heavy atom. The van der Waals surface area contributed by atoms with Crippen LogP contribution < -0.4 is 5.32 Å². The number of aromatic nitrogens is 1. The quantitative estimate of drug-likeness (QED) is 0.724. The molecule has 2 aromatic rings. The Kier molecular flexibility index (Phi) is 2.29. The second-order valence-electron chi connectivity index (χ2n) is 3.77. The summed E-state index contributed by atoms with van der Waals surface area (Å²) in [6.45, 7) is 1.37. The largest absolute Gasteiger partial charge is 0.388 e. The Morgan fingerprint density at radius 3 is 3.00 bits per heavy atom. The van der Waals surface area contributed by atoms with Crippen LogP contribution in [-0.4, -0.2) is 30.1 Å². The molecule has 2 N–H and O–H groups in total. The molecule has 0 saturated carbocycles. The van der Waals surface area contributed by atoms with Gasteiger partial charge in [0, 0.05) is 17.4 Å². The molecule has 0 aliphatic carbocycles. The number of fused-ring (bicyclic) bond motifs is 1. The standard InChI is InChI=1S/C12H11N3O2/c16-11(17-12-13-5-6-14-12)10-7-8-3-1-2-4-9(8)15-10/h1-4,7,15H,5-6H2,(H,13,14). The van der Waals surface area contributed by atoms with Crippen molar-refractivity contribution in [2.45, 2.75) is 0 Å². The summed E-state index contributed by atoms with van der Waals surface area (Å²) in [6.07, 6.45) is 0. The number of para-hydroxylation sites is 1. The monoisotopic (exact) mass is 229 g/mol. The van der Waals surface area contributed by atoms with E-state index >= 15 is 0 Å². The SMILES string of the molecule is O=C(OC1=NCCN1)c1cc2ccccc2[nH]1. The molecule has 86 valence electrons. The van der Waals surface area contributed by atoms with Gasteiger partial charge in [-0.15, -0.1) is 0 Å². The summed E-state index contributed by atoms with van der Waals surface area (Å²) in [5.74, 6) is -0.422. The molecular weight excluding hydrogens is 218 g/mol. The summed E-state index contributed by atoms with van der Waals surface area (Å²) < 4.78 is 5.10. The molecule has 1 aliphatic rings. The molecule has 5 heteroatoms. The van der Waals surface area contributed by atoms with Crippen molar-refractivity contribution in [1.82, 2.24) is 10.3 Å². The number of benzene rings is 1. The molecule has 3 rings (SSSR count). The number of aromatic amines is 1. The molecule has 2 heterocycles. The van der Waals surface area contributed by atoms with Gasteiger partial charge in [-0.1, -0.05) is 18.2 Å². The van der Waals surface area contributed by atoms with E-state index in [1.165, 1.54) is 0 Å². The Balaban J connectivity index is 1.85. The first kappa shape index (κ1) is 9.89. The number of carbonyl (C=O) groups is 1. The van der Waals surface area contributed by atoms with Crippen LogP contribution in [0.1, 0.15) is 10.5 Å². The average molecular weight is 229 g/mol. The molecule has 0 amide bonds. The van der Waals surface area contributed by atoms with Crippen molar-refractivity contribution < 1.29 is 9.53 Å². The van der Waals surface area contributed by atoms with Crippen LogP contribution in [0.3, 0.4) is 0 Å². The van der Waals surface area contributed by atoms with Crippen LogP contribution >= 0.6 is 0 Å². The van der Waals surface area contributed by atoms with Gasteiger partial charge in [0.05, 0.1) is 6.54 Å². The molecule has 0 radical (unpaired) electrons. The highest BCUT2D eigenvalue weighted by Gasteiger charge is 2.15. The summed E-state index contributed by atoms with van der Waals surface area (Å²) in [5, 5.41) is 3.87. The van der Waals surface area contributed by atoms with Gasteiger partial charge >= 0.3 is 5.97 Å². The fourth-order valence-electron chi connectivity index (χ4n) is 1.77. The van der Waals surface area contributed by atoms with Crippen LogP contribution in [0.2, 0.25) is 0 Å². The maximum atomic E-state index is 11.8. The highest BCUT2D eigenvalue weighted by Crippen LogP contribution is 2.15. The van der Waals surface area contributed by atoms with Crippen LogP contribution in [0.5, 0.6) is 0 Å². The van der Waals surface area contributed by atoms with Crippen molar-refractivity contribution in [2.24, 2.45) is 4.99 Å². The third kappa shape index (κ3) is 1.87. The molecule has 5 nitrogen and oxygen atoms in total. The number of nitrogens with one attached hydrogen (secondary N) is 2. The number of aliphatic imine (C=N–C) groups is 1. The number of hydrogen-bond acceptors (Lipinski definition) is 4. The van der Waals surface area contributed by atoms with E-state index in [2.05, 4.69) is 15.3 Å². The van der Waals surface area contributed by atoms with Crippen molar-refractivity contribution in [3.05, 3.63) is 36.0 Å². The maximum Gasteiger partial charge on any atom is 0.362 e. The van der Waals surface area contributed by atoms with E-state index in [0.717, 1.165) is 17.4 Å². The average Bonchev–Trinajstić information content (AvgIpc) is 2.96. The van der Waals surface area contributed by atoms with E-state index in [-0.39, 0.29) is 0 Å². The molecule has 0 saturated heterocycles. The highest BCUT2D eigenvalue weighted by atomic mass is 16.6. The van der Waals surface area contributed by atoms with Crippen molar-refractivity contribution in [2.75, 3.05) is 13.1 Å². The molecule has 0 fully saturated rings. The number of rotatable bonds is 1. The third-order valence-electron chi connectivity index (χ3n) is 2.58. The lowest BCUT2D eigenvalue weighted by Crippen LogP contribution is -2.24. The number of esters is 1. The van der Waals surface area contributed by atoms with E-state index in [1.807, 2.05) is 24.3 Å². The minimum atomic E-state index is -0.422. The van der Waals surface area contributed by atoms with Gasteiger partial charge in [-0.25, -0.2) is 9.79 Å². The van der Waals surface area contributed by atoms with Gasteiger partial charge in [0.15, 0.2) is 0 Å². The van der Waals surface area contributed by atoms with Gasteiger partial charge in [0.1, 0.15) is 5.69 Å². The first-order valence-electron chi connectivity index (χ1n) is 5.41. The Hall–Kier alpha value is -2.30. The number of hydrogen-bond donors (Lipinski definition) is 2. The first-order valence-corrected chi connectivity index (χ1v) is 5.41. The lowest BCUT2D eigenvalue weighted by molar-refractivity contribution is 0.0705. The molecule has 17 heavy (non-hydrogen) atoms. The Labute approximate surface area is 97.5 Å². The molecule has 0 unspecified atom stereocenters. The fourth-order valence-corrected chi connectivity index (χ4v) is 1.77. The van der Waals surface area contributed by atoms with E-state index in [9.17, 15) is 4.79 Å². The summed E-state index contributed by atoms with van der Waals surface area (Å²) >= 11 is 0. The molecule has 1 aromatic heterocycles. The van der Waals surface area contributed by atoms with Crippen LogP contribution in [0, 0.1) is 0 Å². The molecule has 1 aliphatic heterocycles. The maximum absolute atomic E-state index is 11.8. The number of carbonyl (C=O) groups excluding carboxylic acids is 1. The van der Waals surface area contributed by atoms with E-state index in [4.69, 9.17) is 4.74 Å². The van der Waals surface area contributed by atoms with Gasteiger partial charge < -0.3 is 15.0 Å². The van der Waals surface area contributed by atoms with Crippen molar-refractivity contribution in [3.63, 3.8) is 0 Å². The summed E-state index contributed by atoms with van der Waals surface area (Å²) in [7, 11) is 0. The van der Waals surface area contributed by atoms with Gasteiger partial charge in [-0.2, -0.15) is 0 Å². The number of amidine groups is 1. The number of ether oxygens (including phenoxy) is 1. The normalized spacial score (nSPS) is 14.5. The second kappa shape index (κ2) is 3.93. The Morgan fingerprint density at radius 2 is 2.24 bits per heavy atom. The number of H-pyrrole nitrogens is 1. The zero-order valence-corrected chi connectivity index (χ0v) is 9.06. The molecule has 0 spiro atoms. The van der Waals surface area contributed by atoms with Gasteiger partial charge in [-0.05, 0) is 12.1 Å². The van der Waals surface area contributed by atoms with Gasteiger partial charge in [-0.3, -0.25) is 0 Å². The first-order chi connectivity index (χ1) is 8.33. The van der Waals surface area contributed by atoms with E-state index in [0.29, 0.717) is 18.3 Å². The number of nitrogens with zero attached hydrogens (tertiary/aromatic N) is 1. The van der Waals surface area contributed by atoms with Crippen molar-refractivity contribution >= 4 is 22.9 Å². The topological polar surface area (TPSA) is 66.5 Å². The van der Waals surface area contributed by atoms with Crippen molar-refractivity contribution in [1.29, 1.82) is 0 Å². The smallest absolute Gasteiger partial charge is 0.362 e. The van der Waals surface area contributed by atoms with Crippen molar-refractivity contribution in [3.8, 4) is 0 Å². The third-order valence-corrected chi connectivity index (χ3v) is 2.58. The van der Waals surface area contributed by atoms with E-state index < -0.39 is 5.97 Å². The van der Waals surface area contributed by atoms with Crippen LogP contribution in [-0.2, 0) is 4.74 Å². The zero-order valence-electron chi connectivity index (χ0n) is 9.06. The Bertz CT molecular complexity index is 568. The van der Waals surface area contributed by atoms with Gasteiger partial charge in [0.25, 0.3) is 6.02 Å². The molecule has 0 atom stereocenters. The summed E-state index contributed by atoms with van der Waals surface area (Å²) in [4.78, 5) is 18.8. The highest BCUT2D eigenvalue weighted by molar-refractivity contribution is 6.00. The van der Waals surface area contributed by atoms with Crippen LogP contribution in [0.4, 0.5) is 0 Å². The predicted molar refractivity (Wildman–Crippen MR) is 64.0 cm³/mol. The summed E-state index contributed by atoms with van der Waals surface area (Å²) in [6, 6.07) is 9.76. The predicted octanol–water partition coefficient (Wildman–Crippen LogP) is 1.28. The van der Waals surface area contributed by atoms with E-state index in [1.54, 1.807) is 6.07 Å². The molecular formula is C12H11N3O2. The van der Waals surface area contributed by atoms with Gasteiger partial charge in [0.2, 0.25) is 0 Å². The minimum Gasteiger partial charge on any atom is -0.388 e. The lowest BCUT2D eigenvalue weighted by atomic mass is 10.2. The van der Waals surface area contributed by atoms with Crippen LogP contribution in [0.15, 0.2) is 35.3 Å².